The molecule has 1 aliphatic heterocycles. The third kappa shape index (κ3) is 1.78. The SMILES string of the molecule is O=C1C/C=C\c2ccccc2OC1. The summed E-state index contributed by atoms with van der Waals surface area (Å²) >= 11 is 0. The molecule has 1 aromatic carbocycles. The number of benzene rings is 1. The van der Waals surface area contributed by atoms with Gasteiger partial charge in [0.15, 0.2) is 5.78 Å². The summed E-state index contributed by atoms with van der Waals surface area (Å²) in [6.07, 6.45) is 4.27. The first kappa shape index (κ1) is 8.05. The predicted octanol–water partition coefficient (Wildman–Crippen LogP) is 2.05. The van der Waals surface area contributed by atoms with E-state index in [1.807, 2.05) is 36.4 Å². The second-order valence-electron chi connectivity index (χ2n) is 2.97. The molecule has 0 fully saturated rings. The third-order valence-electron chi connectivity index (χ3n) is 1.95. The van der Waals surface area contributed by atoms with Gasteiger partial charge in [-0.3, -0.25) is 4.79 Å². The van der Waals surface area contributed by atoms with Crippen LogP contribution in [0.25, 0.3) is 6.08 Å². The Kier molecular flexibility index (Phi) is 2.13. The van der Waals surface area contributed by atoms with Crippen molar-refractivity contribution < 1.29 is 9.53 Å². The smallest absolute Gasteiger partial charge is 0.173 e. The van der Waals surface area contributed by atoms with Crippen molar-refractivity contribution in [2.75, 3.05) is 6.61 Å². The summed E-state index contributed by atoms with van der Waals surface area (Å²) in [7, 11) is 0. The van der Waals surface area contributed by atoms with Crippen molar-refractivity contribution in [3.8, 4) is 5.75 Å². The summed E-state index contributed by atoms with van der Waals surface area (Å²) in [4.78, 5) is 11.1. The topological polar surface area (TPSA) is 26.3 Å². The van der Waals surface area contributed by atoms with Gasteiger partial charge in [0.25, 0.3) is 0 Å². The number of allylic oxidation sites excluding steroid dienone is 1. The second-order valence-corrected chi connectivity index (χ2v) is 2.97. The maximum Gasteiger partial charge on any atom is 0.173 e. The number of fused-ring (bicyclic) bond motifs is 1. The van der Waals surface area contributed by atoms with E-state index in [2.05, 4.69) is 0 Å². The lowest BCUT2D eigenvalue weighted by molar-refractivity contribution is -0.120. The molecule has 2 rings (SSSR count). The molecule has 0 N–H and O–H groups in total. The average Bonchev–Trinajstić information content (AvgIpc) is 2.13. The van der Waals surface area contributed by atoms with Crippen LogP contribution in [0, 0.1) is 0 Å². The summed E-state index contributed by atoms with van der Waals surface area (Å²) < 4.78 is 5.34. The normalized spacial score (nSPS) is 18.0. The van der Waals surface area contributed by atoms with Crippen LogP contribution in [-0.2, 0) is 4.79 Å². The zero-order valence-electron chi connectivity index (χ0n) is 7.19. The van der Waals surface area contributed by atoms with Gasteiger partial charge in [-0.25, -0.2) is 0 Å². The predicted molar refractivity (Wildman–Crippen MR) is 50.6 cm³/mol. The fourth-order valence-electron chi connectivity index (χ4n) is 1.28. The molecule has 0 aromatic heterocycles. The van der Waals surface area contributed by atoms with Crippen molar-refractivity contribution in [1.82, 2.24) is 0 Å². The lowest BCUT2D eigenvalue weighted by atomic mass is 10.1. The minimum absolute atomic E-state index is 0.116. The van der Waals surface area contributed by atoms with E-state index in [9.17, 15) is 4.79 Å². The lowest BCUT2D eigenvalue weighted by Crippen LogP contribution is -2.11. The molecule has 2 nitrogen and oxygen atoms in total. The molecule has 1 aromatic rings. The number of ether oxygens (including phenoxy) is 1. The Morgan fingerprint density at radius 1 is 1.23 bits per heavy atom. The Hall–Kier alpha value is -1.57. The number of hydrogen-bond acceptors (Lipinski definition) is 2. The van der Waals surface area contributed by atoms with E-state index >= 15 is 0 Å². The molecule has 0 aliphatic carbocycles. The number of ketones is 1. The molecule has 0 unspecified atom stereocenters. The van der Waals surface area contributed by atoms with Gasteiger partial charge in [-0.15, -0.1) is 0 Å². The first-order valence-corrected chi connectivity index (χ1v) is 4.26. The molecule has 0 spiro atoms. The Morgan fingerprint density at radius 2 is 2.08 bits per heavy atom. The van der Waals surface area contributed by atoms with Gasteiger partial charge in [0.2, 0.25) is 0 Å². The molecule has 0 atom stereocenters. The van der Waals surface area contributed by atoms with Crippen molar-refractivity contribution >= 4 is 11.9 Å². The van der Waals surface area contributed by atoms with Gasteiger partial charge in [0, 0.05) is 12.0 Å². The van der Waals surface area contributed by atoms with E-state index < -0.39 is 0 Å². The standard InChI is InChI=1S/C11H10O2/c12-10-6-3-5-9-4-1-2-7-11(9)13-8-10/h1-5,7H,6,8H2/b5-3-. The Balaban J connectivity index is 2.36. The Bertz CT molecular complexity index is 353. The maximum atomic E-state index is 11.1. The molecule has 0 saturated heterocycles. The largest absolute Gasteiger partial charge is 0.485 e. The van der Waals surface area contributed by atoms with Gasteiger partial charge < -0.3 is 4.74 Å². The summed E-state index contributed by atoms with van der Waals surface area (Å²) in [5.74, 6) is 0.901. The minimum Gasteiger partial charge on any atom is -0.485 e. The average molecular weight is 174 g/mol. The molecule has 66 valence electrons. The van der Waals surface area contributed by atoms with Crippen molar-refractivity contribution in [1.29, 1.82) is 0 Å². The zero-order chi connectivity index (χ0) is 9.10. The van der Waals surface area contributed by atoms with Crippen LogP contribution in [0.15, 0.2) is 30.3 Å². The highest BCUT2D eigenvalue weighted by Gasteiger charge is 2.06. The number of Topliss-reactive ketones (excluding diaryl/α,β-unsaturated/α-hetero) is 1. The Morgan fingerprint density at radius 3 is 3.00 bits per heavy atom. The molecule has 0 amide bonds. The van der Waals surface area contributed by atoms with Crippen LogP contribution in [0.4, 0.5) is 0 Å². The van der Waals surface area contributed by atoms with E-state index in [4.69, 9.17) is 4.74 Å². The van der Waals surface area contributed by atoms with Crippen molar-refractivity contribution in [2.24, 2.45) is 0 Å². The minimum atomic E-state index is 0.116. The van der Waals surface area contributed by atoms with Gasteiger partial charge in [-0.2, -0.15) is 0 Å². The van der Waals surface area contributed by atoms with Gasteiger partial charge in [0.1, 0.15) is 12.4 Å². The van der Waals surface area contributed by atoms with Crippen molar-refractivity contribution in [2.45, 2.75) is 6.42 Å². The third-order valence-corrected chi connectivity index (χ3v) is 1.95. The highest BCUT2D eigenvalue weighted by atomic mass is 16.5. The summed E-state index contributed by atoms with van der Waals surface area (Å²) in [5, 5.41) is 0. The van der Waals surface area contributed by atoms with Crippen molar-refractivity contribution in [3.63, 3.8) is 0 Å². The highest BCUT2D eigenvalue weighted by molar-refractivity contribution is 5.83. The first-order valence-electron chi connectivity index (χ1n) is 4.26. The molecular formula is C11H10O2. The summed E-state index contributed by atoms with van der Waals surface area (Å²) in [5.41, 5.74) is 1.04. The lowest BCUT2D eigenvalue weighted by Gasteiger charge is -2.09. The van der Waals surface area contributed by atoms with E-state index in [0.717, 1.165) is 11.3 Å². The van der Waals surface area contributed by atoms with Crippen LogP contribution in [0.5, 0.6) is 5.75 Å². The fourth-order valence-corrected chi connectivity index (χ4v) is 1.28. The summed E-state index contributed by atoms with van der Waals surface area (Å²) in [6, 6.07) is 7.70. The second kappa shape index (κ2) is 3.44. The van der Waals surface area contributed by atoms with Crippen LogP contribution in [0.3, 0.4) is 0 Å². The molecule has 0 bridgehead atoms. The molecule has 0 radical (unpaired) electrons. The van der Waals surface area contributed by atoms with Crippen LogP contribution in [0.1, 0.15) is 12.0 Å². The highest BCUT2D eigenvalue weighted by Crippen LogP contribution is 2.20. The van der Waals surface area contributed by atoms with Crippen LogP contribution < -0.4 is 4.74 Å². The van der Waals surface area contributed by atoms with Crippen LogP contribution >= 0.6 is 0 Å². The molecular weight excluding hydrogens is 164 g/mol. The van der Waals surface area contributed by atoms with E-state index in [1.165, 1.54) is 0 Å². The van der Waals surface area contributed by atoms with E-state index in [1.54, 1.807) is 0 Å². The zero-order valence-corrected chi connectivity index (χ0v) is 7.19. The number of rotatable bonds is 0. The molecule has 1 heterocycles. The van der Waals surface area contributed by atoms with Crippen molar-refractivity contribution in [3.05, 3.63) is 35.9 Å². The quantitative estimate of drug-likeness (QED) is 0.601. The maximum absolute atomic E-state index is 11.1. The van der Waals surface area contributed by atoms with E-state index in [0.29, 0.717) is 6.42 Å². The van der Waals surface area contributed by atoms with Gasteiger partial charge in [-0.05, 0) is 6.07 Å². The van der Waals surface area contributed by atoms with E-state index in [-0.39, 0.29) is 12.4 Å². The fraction of sp³-hybridized carbons (Fsp3) is 0.182. The van der Waals surface area contributed by atoms with Gasteiger partial charge in [-0.1, -0.05) is 30.4 Å². The Labute approximate surface area is 76.8 Å². The molecule has 2 heteroatoms. The monoisotopic (exact) mass is 174 g/mol. The van der Waals surface area contributed by atoms with Crippen LogP contribution in [0.2, 0.25) is 0 Å². The van der Waals surface area contributed by atoms with Gasteiger partial charge >= 0.3 is 0 Å². The number of carbonyl (C=O) groups is 1. The number of hydrogen-bond donors (Lipinski definition) is 0. The molecule has 1 aliphatic rings. The molecule has 13 heavy (non-hydrogen) atoms. The first-order chi connectivity index (χ1) is 6.36. The number of carbonyl (C=O) groups excluding carboxylic acids is 1. The van der Waals surface area contributed by atoms with Gasteiger partial charge in [0.05, 0.1) is 0 Å². The molecule has 0 saturated carbocycles. The number of para-hydroxylation sites is 1. The summed E-state index contributed by atoms with van der Waals surface area (Å²) in [6.45, 7) is 0.182. The van der Waals surface area contributed by atoms with Crippen LogP contribution in [-0.4, -0.2) is 12.4 Å².